The molecule has 1 spiro atoms. The fourth-order valence-corrected chi connectivity index (χ4v) is 11.6. The van der Waals surface area contributed by atoms with Gasteiger partial charge in [-0.1, -0.05) is 62.2 Å². The number of carbonyl (C=O) groups excluding carboxylic acids is 2. The van der Waals surface area contributed by atoms with Crippen molar-refractivity contribution in [2.45, 2.75) is 122 Å². The number of benzene rings is 1. The lowest BCUT2D eigenvalue weighted by molar-refractivity contribution is -0.130. The molecule has 10 unspecified atom stereocenters. The number of ketones is 1. The van der Waals surface area contributed by atoms with E-state index in [0.717, 1.165) is 63.5 Å². The van der Waals surface area contributed by atoms with E-state index in [1.165, 1.54) is 37.7 Å². The van der Waals surface area contributed by atoms with Crippen molar-refractivity contribution in [3.05, 3.63) is 47.0 Å². The van der Waals surface area contributed by atoms with Crippen LogP contribution in [0.3, 0.4) is 0 Å². The van der Waals surface area contributed by atoms with E-state index in [1.807, 2.05) is 18.2 Å². The van der Waals surface area contributed by atoms with Crippen LogP contribution in [0.5, 0.6) is 0 Å². The van der Waals surface area contributed by atoms with E-state index in [4.69, 9.17) is 4.74 Å². The zero-order valence-electron chi connectivity index (χ0n) is 27.8. The molecule has 2 heterocycles. The van der Waals surface area contributed by atoms with Gasteiger partial charge in [0.1, 0.15) is 5.78 Å². The Morgan fingerprint density at radius 2 is 1.91 bits per heavy atom. The zero-order valence-corrected chi connectivity index (χ0v) is 27.8. The van der Waals surface area contributed by atoms with E-state index in [0.29, 0.717) is 60.0 Å². The molecule has 5 nitrogen and oxygen atoms in total. The minimum Gasteiger partial charge on any atom is -0.369 e. The second kappa shape index (κ2) is 12.0. The van der Waals surface area contributed by atoms with Crippen LogP contribution in [0.25, 0.3) is 0 Å². The summed E-state index contributed by atoms with van der Waals surface area (Å²) in [6.45, 7) is 12.6. The number of fused-ring (bicyclic) bond motifs is 6. The van der Waals surface area contributed by atoms with Gasteiger partial charge in [0.05, 0.1) is 11.7 Å². The van der Waals surface area contributed by atoms with Crippen molar-refractivity contribution >= 4 is 11.7 Å². The Kier molecular flexibility index (Phi) is 8.36. The minimum absolute atomic E-state index is 0.0636. The van der Waals surface area contributed by atoms with Crippen LogP contribution < -0.4 is 5.32 Å². The van der Waals surface area contributed by atoms with Crippen LogP contribution in [0, 0.1) is 40.9 Å². The molecule has 44 heavy (non-hydrogen) atoms. The number of Topliss-reactive ketones (excluding diaryl/α,β-unsaturated/α-hetero) is 1. The van der Waals surface area contributed by atoms with Crippen molar-refractivity contribution in [1.29, 1.82) is 0 Å². The standard InChI is InChI=1S/C39H56N2O3/c1-25-20-35-37(41(24-25)19-18-40-36(43)13-10-28-8-6-5-7-9-28)27(3)39(44-35)17-15-31-32-12-11-29-21-30(42)14-16-38(29,4)34(32)22-33(31)26(2)23-39/h5-9,25,27,29,31-32,34-35,37H,10-24H2,1-4H3,(H,40,43). The molecular weight excluding hydrogens is 544 g/mol. The van der Waals surface area contributed by atoms with Gasteiger partial charge in [0.25, 0.3) is 0 Å². The second-order valence-electron chi connectivity index (χ2n) is 16.3. The van der Waals surface area contributed by atoms with Crippen LogP contribution in [0.15, 0.2) is 41.5 Å². The van der Waals surface area contributed by atoms with Crippen molar-refractivity contribution in [3.63, 3.8) is 0 Å². The third kappa shape index (κ3) is 5.42. The number of hydrogen-bond donors (Lipinski definition) is 1. The Hall–Kier alpha value is -1.98. The normalized spacial score (nSPS) is 42.0. The van der Waals surface area contributed by atoms with Crippen molar-refractivity contribution in [2.24, 2.45) is 40.9 Å². The van der Waals surface area contributed by atoms with E-state index < -0.39 is 0 Å². The summed E-state index contributed by atoms with van der Waals surface area (Å²) in [6.07, 6.45) is 12.9. The molecule has 5 fully saturated rings. The van der Waals surface area contributed by atoms with Gasteiger partial charge in [0.15, 0.2) is 0 Å². The SMILES string of the molecule is CC1=C2CC3C(CCC4CC(=O)CCC43C)C2CCC2(C1)OC1CC(C)CN(CCNC(=O)CCc3ccccc3)C1C2C. The van der Waals surface area contributed by atoms with E-state index in [-0.39, 0.29) is 11.5 Å². The van der Waals surface area contributed by atoms with Gasteiger partial charge in [-0.3, -0.25) is 14.5 Å². The largest absolute Gasteiger partial charge is 0.369 e. The molecule has 1 aromatic carbocycles. The fraction of sp³-hybridized carbons (Fsp3) is 0.744. The summed E-state index contributed by atoms with van der Waals surface area (Å²) >= 11 is 0. The number of amides is 1. The van der Waals surface area contributed by atoms with Crippen LogP contribution in [-0.2, 0) is 20.7 Å². The highest BCUT2D eigenvalue weighted by molar-refractivity contribution is 5.79. The van der Waals surface area contributed by atoms with Crippen molar-refractivity contribution in [3.8, 4) is 0 Å². The maximum absolute atomic E-state index is 12.7. The molecule has 1 amide bonds. The number of likely N-dealkylation sites (tertiary alicyclic amines) is 1. The minimum atomic E-state index is -0.0636. The first-order chi connectivity index (χ1) is 21.2. The van der Waals surface area contributed by atoms with Gasteiger partial charge >= 0.3 is 0 Å². The topological polar surface area (TPSA) is 58.6 Å². The van der Waals surface area contributed by atoms with Crippen molar-refractivity contribution in [1.82, 2.24) is 10.2 Å². The summed E-state index contributed by atoms with van der Waals surface area (Å²) < 4.78 is 7.29. The fourth-order valence-electron chi connectivity index (χ4n) is 11.6. The number of nitrogens with one attached hydrogen (secondary N) is 1. The molecule has 10 atom stereocenters. The predicted octanol–water partition coefficient (Wildman–Crippen LogP) is 7.14. The molecule has 2 saturated heterocycles. The first kappa shape index (κ1) is 30.7. The second-order valence-corrected chi connectivity index (χ2v) is 16.3. The van der Waals surface area contributed by atoms with Crippen molar-refractivity contribution in [2.75, 3.05) is 19.6 Å². The summed E-state index contributed by atoms with van der Waals surface area (Å²) in [7, 11) is 0. The lowest BCUT2D eigenvalue weighted by Gasteiger charge is -2.52. The predicted molar refractivity (Wildman–Crippen MR) is 175 cm³/mol. The number of allylic oxidation sites excluding steroid dienone is 1. The number of rotatable bonds is 6. The maximum atomic E-state index is 12.7. The van der Waals surface area contributed by atoms with Crippen LogP contribution in [0.4, 0.5) is 0 Å². The molecule has 5 heteroatoms. The van der Waals surface area contributed by atoms with Crippen molar-refractivity contribution < 1.29 is 14.3 Å². The van der Waals surface area contributed by atoms with Crippen LogP contribution in [0.1, 0.15) is 104 Å². The number of nitrogens with zero attached hydrogens (tertiary/aromatic N) is 1. The Morgan fingerprint density at radius 1 is 1.09 bits per heavy atom. The lowest BCUT2D eigenvalue weighted by Crippen LogP contribution is -2.53. The average Bonchev–Trinajstić information content (AvgIpc) is 3.47. The van der Waals surface area contributed by atoms with Crippen LogP contribution in [-0.4, -0.2) is 54.0 Å². The first-order valence-electron chi connectivity index (χ1n) is 18.1. The molecule has 1 aromatic rings. The van der Waals surface area contributed by atoms with E-state index in [9.17, 15) is 9.59 Å². The van der Waals surface area contributed by atoms with Gasteiger partial charge in [-0.25, -0.2) is 0 Å². The highest BCUT2D eigenvalue weighted by Gasteiger charge is 2.60. The molecule has 0 aromatic heterocycles. The highest BCUT2D eigenvalue weighted by atomic mass is 16.5. The molecule has 3 saturated carbocycles. The molecule has 2 aliphatic heterocycles. The molecule has 1 N–H and O–H groups in total. The molecule has 240 valence electrons. The van der Waals surface area contributed by atoms with Crippen LogP contribution >= 0.6 is 0 Å². The summed E-state index contributed by atoms with van der Waals surface area (Å²) in [5.74, 6) is 4.65. The summed E-state index contributed by atoms with van der Waals surface area (Å²) in [5.41, 5.74) is 4.92. The summed E-state index contributed by atoms with van der Waals surface area (Å²) in [5, 5.41) is 3.23. The van der Waals surface area contributed by atoms with Gasteiger partial charge in [0.2, 0.25) is 5.91 Å². The highest BCUT2D eigenvalue weighted by Crippen LogP contribution is 2.65. The molecular formula is C39H56N2O3. The third-order valence-electron chi connectivity index (χ3n) is 13.9. The maximum Gasteiger partial charge on any atom is 0.220 e. The van der Waals surface area contributed by atoms with E-state index in [1.54, 1.807) is 11.1 Å². The van der Waals surface area contributed by atoms with Crippen LogP contribution in [0.2, 0.25) is 0 Å². The molecule has 4 aliphatic carbocycles. The molecule has 6 aliphatic rings. The first-order valence-corrected chi connectivity index (χ1v) is 18.1. The smallest absolute Gasteiger partial charge is 0.220 e. The number of aryl methyl sites for hydroxylation is 1. The quantitative estimate of drug-likeness (QED) is 0.353. The molecule has 0 radical (unpaired) electrons. The van der Waals surface area contributed by atoms with E-state index in [2.05, 4.69) is 50.0 Å². The van der Waals surface area contributed by atoms with Gasteiger partial charge in [0, 0.05) is 50.9 Å². The van der Waals surface area contributed by atoms with Gasteiger partial charge in [-0.15, -0.1) is 0 Å². The Labute approximate surface area is 265 Å². The number of piperidine rings is 1. The van der Waals surface area contributed by atoms with Gasteiger partial charge in [-0.05, 0) is 105 Å². The monoisotopic (exact) mass is 600 g/mol. The Balaban J connectivity index is 1.02. The van der Waals surface area contributed by atoms with Gasteiger partial charge < -0.3 is 10.1 Å². The average molecular weight is 601 g/mol. The molecule has 7 rings (SSSR count). The zero-order chi connectivity index (χ0) is 30.6. The third-order valence-corrected chi connectivity index (χ3v) is 13.9. The van der Waals surface area contributed by atoms with Gasteiger partial charge in [-0.2, -0.15) is 0 Å². The Bertz CT molecular complexity index is 1280. The van der Waals surface area contributed by atoms with E-state index >= 15 is 0 Å². The lowest BCUT2D eigenvalue weighted by atomic mass is 9.52. The summed E-state index contributed by atoms with van der Waals surface area (Å²) in [6, 6.07) is 10.7. The number of carbonyl (C=O) groups is 2. The number of ether oxygens (including phenoxy) is 1. The Morgan fingerprint density at radius 3 is 2.73 bits per heavy atom. The molecule has 0 bridgehead atoms. The summed E-state index contributed by atoms with van der Waals surface area (Å²) in [4.78, 5) is 27.7. The number of hydrogen-bond acceptors (Lipinski definition) is 4.